The third kappa shape index (κ3) is 3.80. The zero-order chi connectivity index (χ0) is 18.0. The Morgan fingerprint density at radius 3 is 2.36 bits per heavy atom. The van der Waals surface area contributed by atoms with Crippen molar-refractivity contribution in [2.75, 3.05) is 31.1 Å². The third-order valence-electron chi connectivity index (χ3n) is 4.43. The molecule has 0 aliphatic carbocycles. The number of hydrogen-bond donors (Lipinski definition) is 0. The highest BCUT2D eigenvalue weighted by atomic mass is 35.5. The van der Waals surface area contributed by atoms with E-state index in [4.69, 9.17) is 23.2 Å². The molecule has 0 saturated carbocycles. The van der Waals surface area contributed by atoms with Crippen LogP contribution in [0.1, 0.15) is 26.3 Å². The minimum Gasteiger partial charge on any atom is -0.368 e. The van der Waals surface area contributed by atoms with E-state index in [1.807, 2.05) is 25.1 Å². The molecule has 6 heteroatoms. The Bertz CT molecular complexity index is 815. The SMILES string of the molecule is Cc1cc(C=O)ccc1N1CCN(C(=O)c2ccc(Cl)cc2Cl)CC1. The summed E-state index contributed by atoms with van der Waals surface area (Å²) in [6, 6.07) is 10.6. The minimum absolute atomic E-state index is 0.0747. The topological polar surface area (TPSA) is 40.6 Å². The number of halogens is 2. The van der Waals surface area contributed by atoms with Gasteiger partial charge in [0, 0.05) is 42.5 Å². The van der Waals surface area contributed by atoms with Crippen LogP contribution in [0.4, 0.5) is 5.69 Å². The van der Waals surface area contributed by atoms with E-state index < -0.39 is 0 Å². The van der Waals surface area contributed by atoms with Crippen molar-refractivity contribution in [1.29, 1.82) is 0 Å². The molecule has 1 amide bonds. The van der Waals surface area contributed by atoms with Crippen LogP contribution < -0.4 is 4.90 Å². The Balaban J connectivity index is 1.69. The number of carbonyl (C=O) groups excluding carboxylic acids is 2. The fourth-order valence-electron chi connectivity index (χ4n) is 3.09. The van der Waals surface area contributed by atoms with E-state index in [1.165, 1.54) is 0 Å². The van der Waals surface area contributed by atoms with Crippen molar-refractivity contribution in [1.82, 2.24) is 4.90 Å². The van der Waals surface area contributed by atoms with Gasteiger partial charge in [0.15, 0.2) is 0 Å². The zero-order valence-corrected chi connectivity index (χ0v) is 15.3. The van der Waals surface area contributed by atoms with Crippen LogP contribution in [0.5, 0.6) is 0 Å². The molecule has 1 aliphatic heterocycles. The molecule has 1 fully saturated rings. The van der Waals surface area contributed by atoms with Crippen LogP contribution in [-0.4, -0.2) is 43.3 Å². The van der Waals surface area contributed by atoms with Crippen LogP contribution in [0.2, 0.25) is 10.0 Å². The molecule has 1 saturated heterocycles. The molecule has 2 aromatic carbocycles. The molecule has 0 aromatic heterocycles. The van der Waals surface area contributed by atoms with E-state index in [0.717, 1.165) is 30.6 Å². The van der Waals surface area contributed by atoms with Crippen LogP contribution >= 0.6 is 23.2 Å². The Morgan fingerprint density at radius 2 is 1.76 bits per heavy atom. The number of amides is 1. The fourth-order valence-corrected chi connectivity index (χ4v) is 3.58. The maximum Gasteiger partial charge on any atom is 0.255 e. The summed E-state index contributed by atoms with van der Waals surface area (Å²) in [5.41, 5.74) is 3.31. The first-order valence-electron chi connectivity index (χ1n) is 8.04. The smallest absolute Gasteiger partial charge is 0.255 e. The van der Waals surface area contributed by atoms with E-state index >= 15 is 0 Å². The lowest BCUT2D eigenvalue weighted by Gasteiger charge is -2.37. The lowest BCUT2D eigenvalue weighted by molar-refractivity contribution is 0.0747. The van der Waals surface area contributed by atoms with Gasteiger partial charge in [0.1, 0.15) is 6.29 Å². The summed E-state index contributed by atoms with van der Waals surface area (Å²) < 4.78 is 0. The number of rotatable bonds is 3. The van der Waals surface area contributed by atoms with Gasteiger partial charge in [0.05, 0.1) is 10.6 Å². The number of benzene rings is 2. The van der Waals surface area contributed by atoms with E-state index in [-0.39, 0.29) is 5.91 Å². The first kappa shape index (κ1) is 17.8. The number of nitrogens with zero attached hydrogens (tertiary/aromatic N) is 2. The number of anilines is 1. The van der Waals surface area contributed by atoms with Crippen molar-refractivity contribution >= 4 is 41.1 Å². The van der Waals surface area contributed by atoms with Gasteiger partial charge in [-0.2, -0.15) is 0 Å². The van der Waals surface area contributed by atoms with Gasteiger partial charge in [-0.3, -0.25) is 9.59 Å². The average Bonchev–Trinajstić information content (AvgIpc) is 2.61. The predicted octanol–water partition coefficient (Wildman–Crippen LogP) is 4.08. The second-order valence-electron chi connectivity index (χ2n) is 6.07. The van der Waals surface area contributed by atoms with Gasteiger partial charge in [-0.05, 0) is 48.9 Å². The first-order valence-corrected chi connectivity index (χ1v) is 8.80. The normalized spacial score (nSPS) is 14.5. The van der Waals surface area contributed by atoms with Crippen molar-refractivity contribution < 1.29 is 9.59 Å². The highest BCUT2D eigenvalue weighted by Crippen LogP contribution is 2.25. The molecule has 0 atom stereocenters. The highest BCUT2D eigenvalue weighted by molar-refractivity contribution is 6.36. The predicted molar refractivity (Wildman–Crippen MR) is 101 cm³/mol. The molecule has 25 heavy (non-hydrogen) atoms. The molecular formula is C19H18Cl2N2O2. The van der Waals surface area contributed by atoms with E-state index in [1.54, 1.807) is 23.1 Å². The molecule has 0 bridgehead atoms. The molecular weight excluding hydrogens is 359 g/mol. The van der Waals surface area contributed by atoms with Crippen LogP contribution in [0.15, 0.2) is 36.4 Å². The molecule has 0 unspecified atom stereocenters. The summed E-state index contributed by atoms with van der Waals surface area (Å²) in [4.78, 5) is 27.6. The van der Waals surface area contributed by atoms with Crippen LogP contribution in [-0.2, 0) is 0 Å². The van der Waals surface area contributed by atoms with E-state index in [0.29, 0.717) is 34.3 Å². The third-order valence-corrected chi connectivity index (χ3v) is 4.97. The monoisotopic (exact) mass is 376 g/mol. The van der Waals surface area contributed by atoms with Crippen LogP contribution in [0, 0.1) is 6.92 Å². The summed E-state index contributed by atoms with van der Waals surface area (Å²) in [5.74, 6) is -0.0747. The molecule has 130 valence electrons. The molecule has 0 radical (unpaired) electrons. The van der Waals surface area contributed by atoms with E-state index in [9.17, 15) is 9.59 Å². The maximum absolute atomic E-state index is 12.7. The number of carbonyl (C=O) groups is 2. The van der Waals surface area contributed by atoms with Crippen LogP contribution in [0.3, 0.4) is 0 Å². The van der Waals surface area contributed by atoms with Crippen molar-refractivity contribution in [3.05, 3.63) is 63.1 Å². The molecule has 4 nitrogen and oxygen atoms in total. The van der Waals surface area contributed by atoms with Crippen molar-refractivity contribution in [3.63, 3.8) is 0 Å². The minimum atomic E-state index is -0.0747. The molecule has 3 rings (SSSR count). The molecule has 2 aromatic rings. The summed E-state index contributed by atoms with van der Waals surface area (Å²) in [6.45, 7) is 4.70. The van der Waals surface area contributed by atoms with Gasteiger partial charge in [-0.15, -0.1) is 0 Å². The Morgan fingerprint density at radius 1 is 1.04 bits per heavy atom. The van der Waals surface area contributed by atoms with Crippen LogP contribution in [0.25, 0.3) is 0 Å². The molecule has 1 heterocycles. The lowest BCUT2D eigenvalue weighted by Crippen LogP contribution is -2.49. The van der Waals surface area contributed by atoms with Gasteiger partial charge in [-0.1, -0.05) is 23.2 Å². The zero-order valence-electron chi connectivity index (χ0n) is 13.8. The summed E-state index contributed by atoms with van der Waals surface area (Å²) in [5, 5.41) is 0.890. The number of aryl methyl sites for hydroxylation is 1. The van der Waals surface area contributed by atoms with E-state index in [2.05, 4.69) is 4.90 Å². The lowest BCUT2D eigenvalue weighted by atomic mass is 10.1. The summed E-state index contributed by atoms with van der Waals surface area (Å²) in [6.07, 6.45) is 0.850. The average molecular weight is 377 g/mol. The van der Waals surface area contributed by atoms with Gasteiger partial charge in [0.2, 0.25) is 0 Å². The van der Waals surface area contributed by atoms with Gasteiger partial charge in [-0.25, -0.2) is 0 Å². The van der Waals surface area contributed by atoms with Gasteiger partial charge in [0.25, 0.3) is 5.91 Å². The van der Waals surface area contributed by atoms with Gasteiger partial charge < -0.3 is 9.80 Å². The number of piperazine rings is 1. The van der Waals surface area contributed by atoms with Crippen molar-refractivity contribution in [3.8, 4) is 0 Å². The molecule has 0 spiro atoms. The first-order chi connectivity index (χ1) is 12.0. The largest absolute Gasteiger partial charge is 0.368 e. The van der Waals surface area contributed by atoms with Gasteiger partial charge >= 0.3 is 0 Å². The molecule has 1 aliphatic rings. The second kappa shape index (κ2) is 7.46. The Hall–Kier alpha value is -2.04. The fraction of sp³-hybridized carbons (Fsp3) is 0.263. The standard InChI is InChI=1S/C19H18Cl2N2O2/c1-13-10-14(12-24)2-5-18(13)22-6-8-23(9-7-22)19(25)16-4-3-15(20)11-17(16)21/h2-5,10-12H,6-9H2,1H3. The Kier molecular flexibility index (Phi) is 5.30. The quantitative estimate of drug-likeness (QED) is 0.757. The summed E-state index contributed by atoms with van der Waals surface area (Å²) >= 11 is 12.0. The summed E-state index contributed by atoms with van der Waals surface area (Å²) in [7, 11) is 0. The second-order valence-corrected chi connectivity index (χ2v) is 6.91. The van der Waals surface area contributed by atoms with Crippen molar-refractivity contribution in [2.45, 2.75) is 6.92 Å². The highest BCUT2D eigenvalue weighted by Gasteiger charge is 2.24. The van der Waals surface area contributed by atoms with Crippen molar-refractivity contribution in [2.24, 2.45) is 0 Å². The molecule has 0 N–H and O–H groups in total. The Labute approximate surface area is 156 Å². The maximum atomic E-state index is 12.7. The number of aldehydes is 1. The number of hydrogen-bond acceptors (Lipinski definition) is 3.